The third-order valence-electron chi connectivity index (χ3n) is 4.51. The molecule has 0 spiro atoms. The van der Waals surface area contributed by atoms with Gasteiger partial charge in [0.05, 0.1) is 17.1 Å². The minimum atomic E-state index is -0.392. The molecule has 0 aliphatic carbocycles. The van der Waals surface area contributed by atoms with E-state index >= 15 is 0 Å². The largest absolute Gasteiger partial charge is 0.489 e. The smallest absolute Gasteiger partial charge is 0.339 e. The molecule has 0 fully saturated rings. The third-order valence-corrected chi connectivity index (χ3v) is 5.76. The van der Waals surface area contributed by atoms with Gasteiger partial charge in [0.1, 0.15) is 12.4 Å². The van der Waals surface area contributed by atoms with Gasteiger partial charge in [0.25, 0.3) is 5.89 Å². The van der Waals surface area contributed by atoms with E-state index in [0.717, 1.165) is 16.7 Å². The molecule has 31 heavy (non-hydrogen) atoms. The van der Waals surface area contributed by atoms with Crippen molar-refractivity contribution in [1.29, 1.82) is 0 Å². The molecule has 0 amide bonds. The van der Waals surface area contributed by atoms with Crippen molar-refractivity contribution in [1.82, 2.24) is 10.1 Å². The van der Waals surface area contributed by atoms with Crippen LogP contribution in [0.1, 0.15) is 41.2 Å². The van der Waals surface area contributed by atoms with Gasteiger partial charge in [-0.25, -0.2) is 4.79 Å². The van der Waals surface area contributed by atoms with Crippen LogP contribution in [0.4, 0.5) is 0 Å². The summed E-state index contributed by atoms with van der Waals surface area (Å²) in [6.45, 7) is 11.7. The van der Waals surface area contributed by atoms with E-state index in [4.69, 9.17) is 25.6 Å². The van der Waals surface area contributed by atoms with Crippen molar-refractivity contribution in [3.8, 4) is 17.2 Å². The normalized spacial score (nSPS) is 11.5. The molecule has 0 aliphatic rings. The molecule has 3 aromatic rings. The first-order valence-electron chi connectivity index (χ1n) is 9.68. The van der Waals surface area contributed by atoms with Gasteiger partial charge in [0, 0.05) is 21.7 Å². The van der Waals surface area contributed by atoms with Crippen LogP contribution in [0.25, 0.3) is 22.1 Å². The monoisotopic (exact) mass is 458 g/mol. The van der Waals surface area contributed by atoms with Gasteiger partial charge in [-0.15, -0.1) is 11.3 Å². The summed E-state index contributed by atoms with van der Waals surface area (Å²) in [7, 11) is 0. The Labute approximate surface area is 190 Å². The van der Waals surface area contributed by atoms with Gasteiger partial charge in [-0.1, -0.05) is 35.5 Å². The molecule has 0 bridgehead atoms. The minimum Gasteiger partial charge on any atom is -0.489 e. The Balaban J connectivity index is 1.88. The molecule has 1 aromatic carbocycles. The number of halogens is 1. The zero-order valence-electron chi connectivity index (χ0n) is 17.8. The lowest BCUT2D eigenvalue weighted by Crippen LogP contribution is -2.07. The Bertz CT molecular complexity index is 1150. The van der Waals surface area contributed by atoms with Crippen LogP contribution in [0.2, 0.25) is 0 Å². The summed E-state index contributed by atoms with van der Waals surface area (Å²) < 4.78 is 16.5. The highest BCUT2D eigenvalue weighted by Crippen LogP contribution is 2.37. The molecule has 0 saturated carbocycles. The van der Waals surface area contributed by atoms with Gasteiger partial charge >= 0.3 is 5.97 Å². The maximum absolute atomic E-state index is 12.3. The second kappa shape index (κ2) is 9.94. The van der Waals surface area contributed by atoms with Crippen molar-refractivity contribution >= 4 is 39.5 Å². The van der Waals surface area contributed by atoms with Crippen molar-refractivity contribution in [3.63, 3.8) is 0 Å². The predicted octanol–water partition coefficient (Wildman–Crippen LogP) is 6.17. The van der Waals surface area contributed by atoms with Crippen LogP contribution in [-0.2, 0) is 16.1 Å². The number of esters is 1. The SMILES string of the molecule is C=C(Cl)c1c(COc2cc(-c3nc(C)no3)ccc2C)csc1/C(=C\C)C(=O)OCC. The van der Waals surface area contributed by atoms with Gasteiger partial charge in [0.2, 0.25) is 0 Å². The van der Waals surface area contributed by atoms with Crippen molar-refractivity contribution < 1.29 is 18.8 Å². The molecule has 0 atom stereocenters. The number of aromatic nitrogens is 2. The first-order chi connectivity index (χ1) is 14.8. The van der Waals surface area contributed by atoms with E-state index in [-0.39, 0.29) is 6.61 Å². The third kappa shape index (κ3) is 5.06. The van der Waals surface area contributed by atoms with E-state index in [1.54, 1.807) is 26.8 Å². The zero-order valence-corrected chi connectivity index (χ0v) is 19.4. The first kappa shape index (κ1) is 22.8. The summed E-state index contributed by atoms with van der Waals surface area (Å²) in [5.74, 6) is 1.29. The number of thiophene rings is 1. The number of nitrogens with zero attached hydrogens (tertiary/aromatic N) is 2. The van der Waals surface area contributed by atoms with Gasteiger partial charge in [-0.3, -0.25) is 0 Å². The number of carbonyl (C=O) groups is 1. The fraction of sp³-hybridized carbons (Fsp3) is 0.261. The highest BCUT2D eigenvalue weighted by atomic mass is 35.5. The van der Waals surface area contributed by atoms with Crippen LogP contribution in [0, 0.1) is 13.8 Å². The Hall–Kier alpha value is -2.90. The Morgan fingerprint density at radius 2 is 2.13 bits per heavy atom. The molecule has 3 rings (SSSR count). The number of ether oxygens (including phenoxy) is 2. The summed E-state index contributed by atoms with van der Waals surface area (Å²) in [6, 6.07) is 5.70. The van der Waals surface area contributed by atoms with E-state index < -0.39 is 5.97 Å². The van der Waals surface area contributed by atoms with Gasteiger partial charge in [-0.05, 0) is 50.8 Å². The fourth-order valence-electron chi connectivity index (χ4n) is 3.00. The second-order valence-corrected chi connectivity index (χ2v) is 8.04. The Kier molecular flexibility index (Phi) is 7.30. The molecule has 0 unspecified atom stereocenters. The maximum atomic E-state index is 12.3. The lowest BCUT2D eigenvalue weighted by Gasteiger charge is -2.12. The van der Waals surface area contributed by atoms with Crippen LogP contribution < -0.4 is 4.74 Å². The quantitative estimate of drug-likeness (QED) is 0.297. The molecule has 0 N–H and O–H groups in total. The topological polar surface area (TPSA) is 74.5 Å². The fourth-order valence-corrected chi connectivity index (χ4v) is 4.42. The lowest BCUT2D eigenvalue weighted by molar-refractivity contribution is -0.136. The van der Waals surface area contributed by atoms with Crippen LogP contribution in [0.15, 0.2) is 40.8 Å². The summed E-state index contributed by atoms with van der Waals surface area (Å²) in [5.41, 5.74) is 3.71. The van der Waals surface area contributed by atoms with Crippen molar-refractivity contribution in [3.05, 3.63) is 63.6 Å². The molecule has 0 radical (unpaired) electrons. The van der Waals surface area contributed by atoms with Crippen molar-refractivity contribution in [2.75, 3.05) is 6.61 Å². The number of hydrogen-bond acceptors (Lipinski definition) is 7. The number of rotatable bonds is 8. The van der Waals surface area contributed by atoms with Gasteiger partial charge in [0.15, 0.2) is 5.82 Å². The summed E-state index contributed by atoms with van der Waals surface area (Å²) in [6.07, 6.45) is 1.72. The van der Waals surface area contributed by atoms with E-state index in [0.29, 0.717) is 45.1 Å². The number of benzene rings is 1. The van der Waals surface area contributed by atoms with Gasteiger partial charge < -0.3 is 14.0 Å². The van der Waals surface area contributed by atoms with Crippen molar-refractivity contribution in [2.24, 2.45) is 0 Å². The average Bonchev–Trinajstić information content (AvgIpc) is 3.35. The summed E-state index contributed by atoms with van der Waals surface area (Å²) in [4.78, 5) is 17.3. The predicted molar refractivity (Wildman–Crippen MR) is 123 cm³/mol. The van der Waals surface area contributed by atoms with E-state index in [9.17, 15) is 4.79 Å². The molecule has 0 aliphatic heterocycles. The Morgan fingerprint density at radius 3 is 2.74 bits per heavy atom. The van der Waals surface area contributed by atoms with E-state index in [1.807, 2.05) is 30.5 Å². The molecular weight excluding hydrogens is 436 g/mol. The van der Waals surface area contributed by atoms with Crippen molar-refractivity contribution in [2.45, 2.75) is 34.3 Å². The number of hydrogen-bond donors (Lipinski definition) is 0. The van der Waals surface area contributed by atoms with Crippen LogP contribution in [0.5, 0.6) is 5.75 Å². The maximum Gasteiger partial charge on any atom is 0.339 e. The highest BCUT2D eigenvalue weighted by Gasteiger charge is 2.22. The summed E-state index contributed by atoms with van der Waals surface area (Å²) >= 11 is 7.71. The number of allylic oxidation sites excluding steroid dienone is 1. The zero-order chi connectivity index (χ0) is 22.5. The minimum absolute atomic E-state index is 0.255. The summed E-state index contributed by atoms with van der Waals surface area (Å²) in [5, 5.41) is 6.09. The van der Waals surface area contributed by atoms with E-state index in [1.165, 1.54) is 11.3 Å². The average molecular weight is 459 g/mol. The van der Waals surface area contributed by atoms with E-state index in [2.05, 4.69) is 16.7 Å². The molecular formula is C23H23ClN2O4S. The van der Waals surface area contributed by atoms with Crippen LogP contribution in [0.3, 0.4) is 0 Å². The molecule has 2 aromatic heterocycles. The molecule has 162 valence electrons. The molecule has 8 heteroatoms. The van der Waals surface area contributed by atoms with Crippen LogP contribution >= 0.6 is 22.9 Å². The van der Waals surface area contributed by atoms with Crippen LogP contribution in [-0.4, -0.2) is 22.7 Å². The highest BCUT2D eigenvalue weighted by molar-refractivity contribution is 7.12. The number of aryl methyl sites for hydroxylation is 2. The molecule has 2 heterocycles. The first-order valence-corrected chi connectivity index (χ1v) is 10.9. The standard InChI is InChI=1S/C23H23ClN2O4S/c1-6-18(23(27)28-7-2)21-20(14(4)24)17(12-31-21)11-29-19-10-16(9-8-13(19)3)22-25-15(5)26-30-22/h6,8-10,12H,4,7,11H2,1-3,5H3/b18-6+. The molecule has 0 saturated heterocycles. The van der Waals surface area contributed by atoms with Gasteiger partial charge in [-0.2, -0.15) is 4.98 Å². The molecule has 6 nitrogen and oxygen atoms in total. The lowest BCUT2D eigenvalue weighted by atomic mass is 10.1. The Morgan fingerprint density at radius 1 is 1.35 bits per heavy atom. The number of carbonyl (C=O) groups excluding carboxylic acids is 1. The second-order valence-electron chi connectivity index (χ2n) is 6.71.